The molecule has 1 heterocycles. The monoisotopic (exact) mass is 877 g/mol. The Morgan fingerprint density at radius 2 is 0.826 bits per heavy atom. The maximum Gasteiger partial charge on any atom is 0.143 e. The van der Waals surface area contributed by atoms with Crippen molar-refractivity contribution in [2.24, 2.45) is 0 Å². The van der Waals surface area contributed by atoms with E-state index in [1.54, 1.807) is 0 Å². The largest absolute Gasteiger partial charge is 0.455 e. The molecule has 0 bridgehead atoms. The Hall–Kier alpha value is -8.98. The third-order valence-electron chi connectivity index (χ3n) is 14.7. The maximum atomic E-state index is 7.03. The molecule has 1 aromatic heterocycles. The lowest BCUT2D eigenvalue weighted by Gasteiger charge is -2.35. The highest BCUT2D eigenvalue weighted by Crippen LogP contribution is 2.57. The van der Waals surface area contributed by atoms with Crippen LogP contribution >= 0.6 is 0 Å². The number of hydrogen-bond acceptors (Lipinski definition) is 2. The molecule has 69 heavy (non-hydrogen) atoms. The molecule has 0 fully saturated rings. The van der Waals surface area contributed by atoms with Gasteiger partial charge in [-0.3, -0.25) is 0 Å². The minimum Gasteiger partial charge on any atom is -0.455 e. The molecule has 13 aromatic rings. The van der Waals surface area contributed by atoms with Crippen molar-refractivity contribution in [3.8, 4) is 33.4 Å². The van der Waals surface area contributed by atoms with E-state index in [0.29, 0.717) is 0 Å². The summed E-state index contributed by atoms with van der Waals surface area (Å²) in [5.74, 6) is 0. The van der Waals surface area contributed by atoms with Gasteiger partial charge in [0, 0.05) is 38.7 Å². The zero-order chi connectivity index (χ0) is 45.5. The van der Waals surface area contributed by atoms with Crippen molar-refractivity contribution in [3.63, 3.8) is 0 Å². The number of nitrogens with zero attached hydrogens (tertiary/aromatic N) is 1. The minimum atomic E-state index is -0.555. The molecule has 0 N–H and O–H groups in total. The highest BCUT2D eigenvalue weighted by molar-refractivity contribution is 6.18. The quantitative estimate of drug-likeness (QED) is 0.148. The number of para-hydroxylation sites is 2. The standard InChI is InChI=1S/C67H43NO/c1-3-19-47(20-4-1)67(48-21-5-2-6-22-48)62-31-13-11-25-56(62)57-42-39-50(43-63(57)67)68(49-37-33-46(34-38-49)52-27-15-28-54-51-23-9-7-17-44(51)35-40-55(52)54)64-32-14-12-26-58(64)59-29-16-30-60-61-41-36-45-18-8-10-24-53(45)65(61)69-66(59)60/h1-43H. The van der Waals surface area contributed by atoms with E-state index in [2.05, 4.69) is 266 Å². The van der Waals surface area contributed by atoms with Crippen LogP contribution in [0.5, 0.6) is 0 Å². The van der Waals surface area contributed by atoms with Crippen molar-refractivity contribution in [1.82, 2.24) is 0 Å². The summed E-state index contributed by atoms with van der Waals surface area (Å²) < 4.78 is 7.03. The van der Waals surface area contributed by atoms with Crippen LogP contribution in [0.3, 0.4) is 0 Å². The summed E-state index contributed by atoms with van der Waals surface area (Å²) in [5.41, 5.74) is 16.5. The lowest BCUT2D eigenvalue weighted by Crippen LogP contribution is -2.28. The molecule has 0 amide bonds. The van der Waals surface area contributed by atoms with Crippen LogP contribution in [-0.4, -0.2) is 0 Å². The SMILES string of the molecule is c1ccc(C2(c3ccccc3)c3ccccc3-c3ccc(N(c4ccc(-c5cccc6c5ccc5ccccc56)cc4)c4ccccc4-c4cccc5c4oc4c6ccccc6ccc54)cc32)cc1. The molecule has 2 nitrogen and oxygen atoms in total. The average molecular weight is 878 g/mol. The van der Waals surface area contributed by atoms with Crippen LogP contribution in [0.1, 0.15) is 22.3 Å². The van der Waals surface area contributed by atoms with Gasteiger partial charge in [-0.05, 0) is 108 Å². The van der Waals surface area contributed by atoms with E-state index < -0.39 is 5.41 Å². The smallest absolute Gasteiger partial charge is 0.143 e. The number of benzene rings is 12. The molecule has 322 valence electrons. The van der Waals surface area contributed by atoms with E-state index in [1.807, 2.05) is 0 Å². The molecular formula is C67H43NO. The highest BCUT2D eigenvalue weighted by Gasteiger charge is 2.46. The van der Waals surface area contributed by atoms with Crippen LogP contribution in [0.25, 0.3) is 87.6 Å². The summed E-state index contributed by atoms with van der Waals surface area (Å²) in [6, 6.07) is 95.6. The summed E-state index contributed by atoms with van der Waals surface area (Å²) in [6.07, 6.45) is 0. The number of hydrogen-bond donors (Lipinski definition) is 0. The van der Waals surface area contributed by atoms with E-state index in [9.17, 15) is 0 Å². The molecule has 0 saturated heterocycles. The maximum absolute atomic E-state index is 7.03. The second kappa shape index (κ2) is 15.6. The molecule has 12 aromatic carbocycles. The first-order chi connectivity index (χ1) is 34.2. The molecule has 1 aliphatic rings. The predicted molar refractivity (Wildman–Crippen MR) is 289 cm³/mol. The molecule has 2 heteroatoms. The van der Waals surface area contributed by atoms with Gasteiger partial charge in [0.15, 0.2) is 0 Å². The summed E-state index contributed by atoms with van der Waals surface area (Å²) in [4.78, 5) is 2.45. The summed E-state index contributed by atoms with van der Waals surface area (Å²) in [5, 5.41) is 9.53. The van der Waals surface area contributed by atoms with Crippen molar-refractivity contribution in [1.29, 1.82) is 0 Å². The molecule has 0 atom stereocenters. The Balaban J connectivity index is 1.01. The molecule has 0 saturated carbocycles. The molecule has 0 aliphatic heterocycles. The van der Waals surface area contributed by atoms with E-state index >= 15 is 0 Å². The lowest BCUT2D eigenvalue weighted by atomic mass is 9.67. The van der Waals surface area contributed by atoms with Crippen molar-refractivity contribution < 1.29 is 4.42 Å². The van der Waals surface area contributed by atoms with E-state index in [0.717, 1.165) is 55.5 Å². The summed E-state index contributed by atoms with van der Waals surface area (Å²) >= 11 is 0. The van der Waals surface area contributed by atoms with Crippen LogP contribution in [0.2, 0.25) is 0 Å². The second-order valence-electron chi connectivity index (χ2n) is 18.3. The topological polar surface area (TPSA) is 16.4 Å². The first-order valence-electron chi connectivity index (χ1n) is 23.8. The van der Waals surface area contributed by atoms with Gasteiger partial charge in [-0.25, -0.2) is 0 Å². The Bertz CT molecular complexity index is 4090. The van der Waals surface area contributed by atoms with E-state index in [1.165, 1.54) is 71.4 Å². The molecular weight excluding hydrogens is 835 g/mol. The summed E-state index contributed by atoms with van der Waals surface area (Å²) in [6.45, 7) is 0. The van der Waals surface area contributed by atoms with Crippen LogP contribution < -0.4 is 4.90 Å². The van der Waals surface area contributed by atoms with Crippen molar-refractivity contribution >= 4 is 71.3 Å². The third-order valence-corrected chi connectivity index (χ3v) is 14.7. The van der Waals surface area contributed by atoms with Gasteiger partial charge in [0.2, 0.25) is 0 Å². The highest BCUT2D eigenvalue weighted by atomic mass is 16.3. The van der Waals surface area contributed by atoms with Gasteiger partial charge in [-0.1, -0.05) is 224 Å². The van der Waals surface area contributed by atoms with Gasteiger partial charge < -0.3 is 9.32 Å². The number of anilines is 3. The normalized spacial score (nSPS) is 12.8. The van der Waals surface area contributed by atoms with Crippen LogP contribution in [0.4, 0.5) is 17.1 Å². The fourth-order valence-electron chi connectivity index (χ4n) is 11.7. The van der Waals surface area contributed by atoms with Gasteiger partial charge in [0.25, 0.3) is 0 Å². The number of fused-ring (bicyclic) bond motifs is 11. The molecule has 0 unspecified atom stereocenters. The zero-order valence-electron chi connectivity index (χ0n) is 37.7. The van der Waals surface area contributed by atoms with Gasteiger partial charge in [-0.15, -0.1) is 0 Å². The Labute approximate surface area is 400 Å². The van der Waals surface area contributed by atoms with Gasteiger partial charge in [0.05, 0.1) is 11.1 Å². The molecule has 14 rings (SSSR count). The van der Waals surface area contributed by atoms with E-state index in [-0.39, 0.29) is 0 Å². The molecule has 0 radical (unpaired) electrons. The molecule has 0 spiro atoms. The first kappa shape index (κ1) is 39.2. The third kappa shape index (κ3) is 5.92. The fourth-order valence-corrected chi connectivity index (χ4v) is 11.7. The fraction of sp³-hybridized carbons (Fsp3) is 0.0149. The van der Waals surface area contributed by atoms with Crippen molar-refractivity contribution in [2.45, 2.75) is 5.41 Å². The van der Waals surface area contributed by atoms with Crippen LogP contribution in [0.15, 0.2) is 265 Å². The number of furan rings is 1. The van der Waals surface area contributed by atoms with Gasteiger partial charge in [-0.2, -0.15) is 0 Å². The van der Waals surface area contributed by atoms with E-state index in [4.69, 9.17) is 4.42 Å². The van der Waals surface area contributed by atoms with Crippen molar-refractivity contribution in [3.05, 3.63) is 283 Å². The predicted octanol–water partition coefficient (Wildman–Crippen LogP) is 18.2. The molecule has 1 aliphatic carbocycles. The summed E-state index contributed by atoms with van der Waals surface area (Å²) in [7, 11) is 0. The minimum absolute atomic E-state index is 0.555. The van der Waals surface area contributed by atoms with Gasteiger partial charge >= 0.3 is 0 Å². The van der Waals surface area contributed by atoms with Crippen LogP contribution in [0, 0.1) is 0 Å². The first-order valence-corrected chi connectivity index (χ1v) is 23.8. The number of rotatable bonds is 7. The lowest BCUT2D eigenvalue weighted by molar-refractivity contribution is 0.674. The van der Waals surface area contributed by atoms with Crippen molar-refractivity contribution in [2.75, 3.05) is 4.90 Å². The van der Waals surface area contributed by atoms with Crippen LogP contribution in [-0.2, 0) is 5.41 Å². The van der Waals surface area contributed by atoms with Gasteiger partial charge in [0.1, 0.15) is 11.2 Å². The Morgan fingerprint density at radius 3 is 1.59 bits per heavy atom. The Kier molecular flexibility index (Phi) is 8.84. The Morgan fingerprint density at radius 1 is 0.290 bits per heavy atom. The zero-order valence-corrected chi connectivity index (χ0v) is 37.7. The average Bonchev–Trinajstić information content (AvgIpc) is 3.96. The second-order valence-corrected chi connectivity index (χ2v) is 18.3.